The summed E-state index contributed by atoms with van der Waals surface area (Å²) in [6, 6.07) is 4.01. The number of aromatic nitrogens is 3. The number of hydrogen-bond donors (Lipinski definition) is 1. The summed E-state index contributed by atoms with van der Waals surface area (Å²) in [5.41, 5.74) is 3.71. The number of nitrogens with one attached hydrogen (secondary N) is 1. The van der Waals surface area contributed by atoms with E-state index >= 15 is 0 Å². The fourth-order valence-electron chi connectivity index (χ4n) is 2.45. The predicted molar refractivity (Wildman–Crippen MR) is 73.1 cm³/mol. The van der Waals surface area contributed by atoms with Crippen molar-refractivity contribution in [3.05, 3.63) is 51.8 Å². The van der Waals surface area contributed by atoms with Crippen molar-refractivity contribution in [3.8, 4) is 0 Å². The van der Waals surface area contributed by atoms with Crippen molar-refractivity contribution >= 4 is 12.2 Å². The Morgan fingerprint density at radius 3 is 3.00 bits per heavy atom. The zero-order valence-corrected chi connectivity index (χ0v) is 11.0. The molecule has 1 aliphatic rings. The lowest BCUT2D eigenvalue weighted by molar-refractivity contribution is 0.653. The summed E-state index contributed by atoms with van der Waals surface area (Å²) in [4.78, 5) is 12.1. The Kier molecular flexibility index (Phi) is 3.19. The predicted octanol–water partition coefficient (Wildman–Crippen LogP) is 3.00. The second kappa shape index (κ2) is 4.98. The maximum atomic E-state index is 5.40. The lowest BCUT2D eigenvalue weighted by Crippen LogP contribution is -2.10. The minimum atomic E-state index is 0.769. The molecule has 0 aromatic carbocycles. The van der Waals surface area contributed by atoms with Gasteiger partial charge in [0.15, 0.2) is 0 Å². The van der Waals surface area contributed by atoms with Crippen LogP contribution in [0.15, 0.2) is 24.5 Å². The first-order valence-electron chi connectivity index (χ1n) is 6.33. The monoisotopic (exact) mass is 257 g/mol. The maximum absolute atomic E-state index is 5.40. The zero-order valence-electron chi connectivity index (χ0n) is 10.1. The number of fused-ring (bicyclic) bond motifs is 1. The van der Waals surface area contributed by atoms with E-state index in [-0.39, 0.29) is 0 Å². The third kappa shape index (κ3) is 2.34. The van der Waals surface area contributed by atoms with Crippen LogP contribution in [0.5, 0.6) is 0 Å². The van der Waals surface area contributed by atoms with E-state index in [1.54, 1.807) is 6.20 Å². The van der Waals surface area contributed by atoms with E-state index in [9.17, 15) is 0 Å². The van der Waals surface area contributed by atoms with E-state index in [0.717, 1.165) is 35.3 Å². The normalized spacial score (nSPS) is 14.2. The number of nitrogens with zero attached hydrogens (tertiary/aromatic N) is 2. The number of aromatic amines is 1. The fourth-order valence-corrected chi connectivity index (χ4v) is 2.79. The van der Waals surface area contributed by atoms with Crippen molar-refractivity contribution in [3.63, 3.8) is 0 Å². The van der Waals surface area contributed by atoms with Crippen LogP contribution >= 0.6 is 12.2 Å². The molecular weight excluding hydrogens is 242 g/mol. The van der Waals surface area contributed by atoms with Gasteiger partial charge in [0.2, 0.25) is 0 Å². The lowest BCUT2D eigenvalue weighted by Gasteiger charge is -2.16. The number of H-pyrrole nitrogens is 1. The highest BCUT2D eigenvalue weighted by atomic mass is 32.1. The molecule has 1 N–H and O–H groups in total. The van der Waals surface area contributed by atoms with Gasteiger partial charge in [-0.15, -0.1) is 0 Å². The van der Waals surface area contributed by atoms with Gasteiger partial charge in [-0.05, 0) is 37.3 Å². The topological polar surface area (TPSA) is 41.6 Å². The second-order valence-corrected chi connectivity index (χ2v) is 5.08. The van der Waals surface area contributed by atoms with Crippen molar-refractivity contribution in [2.75, 3.05) is 0 Å². The van der Waals surface area contributed by atoms with Crippen molar-refractivity contribution < 1.29 is 0 Å². The Labute approximate surface area is 111 Å². The van der Waals surface area contributed by atoms with Crippen LogP contribution in [-0.4, -0.2) is 15.0 Å². The van der Waals surface area contributed by atoms with Gasteiger partial charge in [-0.1, -0.05) is 18.3 Å². The van der Waals surface area contributed by atoms with E-state index in [2.05, 4.69) is 21.0 Å². The molecule has 2 aromatic heterocycles. The quantitative estimate of drug-likeness (QED) is 0.841. The first kappa shape index (κ1) is 11.5. The van der Waals surface area contributed by atoms with Crippen molar-refractivity contribution in [2.24, 2.45) is 0 Å². The van der Waals surface area contributed by atoms with Crippen molar-refractivity contribution in [1.29, 1.82) is 0 Å². The molecule has 18 heavy (non-hydrogen) atoms. The summed E-state index contributed by atoms with van der Waals surface area (Å²) < 4.78 is 0.780. The summed E-state index contributed by atoms with van der Waals surface area (Å²) in [7, 11) is 0. The maximum Gasteiger partial charge on any atom is 0.133 e. The average Bonchev–Trinajstić information content (AvgIpc) is 2.40. The molecule has 0 saturated carbocycles. The summed E-state index contributed by atoms with van der Waals surface area (Å²) >= 11 is 5.40. The molecular formula is C14H15N3S. The van der Waals surface area contributed by atoms with Crippen LogP contribution in [0.3, 0.4) is 0 Å². The Morgan fingerprint density at radius 2 is 2.17 bits per heavy atom. The molecule has 0 bridgehead atoms. The molecule has 4 heteroatoms. The molecule has 92 valence electrons. The minimum absolute atomic E-state index is 0.769. The Balaban J connectivity index is 1.94. The van der Waals surface area contributed by atoms with Crippen LogP contribution in [0, 0.1) is 4.64 Å². The molecule has 3 nitrogen and oxygen atoms in total. The fraction of sp³-hybridized carbons (Fsp3) is 0.357. The number of hydrogen-bond acceptors (Lipinski definition) is 3. The highest BCUT2D eigenvalue weighted by molar-refractivity contribution is 7.71. The van der Waals surface area contributed by atoms with Gasteiger partial charge in [0.05, 0.1) is 0 Å². The number of pyridine rings is 1. The summed E-state index contributed by atoms with van der Waals surface area (Å²) in [6.45, 7) is 0. The molecule has 0 unspecified atom stereocenters. The van der Waals surface area contributed by atoms with Crippen LogP contribution in [0.1, 0.15) is 35.5 Å². The second-order valence-electron chi connectivity index (χ2n) is 4.69. The van der Waals surface area contributed by atoms with Crippen molar-refractivity contribution in [1.82, 2.24) is 15.0 Å². The molecule has 0 aliphatic heterocycles. The molecule has 0 fully saturated rings. The van der Waals surface area contributed by atoms with Crippen LogP contribution in [0.25, 0.3) is 0 Å². The largest absolute Gasteiger partial charge is 0.347 e. The molecule has 0 atom stereocenters. The van der Waals surface area contributed by atoms with Gasteiger partial charge in [0.25, 0.3) is 0 Å². The first-order chi connectivity index (χ1) is 8.83. The first-order valence-corrected chi connectivity index (χ1v) is 6.73. The van der Waals surface area contributed by atoms with Gasteiger partial charge in [-0.25, -0.2) is 4.98 Å². The van der Waals surface area contributed by atoms with Crippen LogP contribution in [0.2, 0.25) is 0 Å². The minimum Gasteiger partial charge on any atom is -0.347 e. The van der Waals surface area contributed by atoms with Gasteiger partial charge >= 0.3 is 0 Å². The average molecular weight is 257 g/mol. The summed E-state index contributed by atoms with van der Waals surface area (Å²) in [6.07, 6.45) is 9.07. The molecule has 0 radical (unpaired) electrons. The highest BCUT2D eigenvalue weighted by Gasteiger charge is 2.13. The molecule has 2 heterocycles. The van der Waals surface area contributed by atoms with Gasteiger partial charge < -0.3 is 4.98 Å². The van der Waals surface area contributed by atoms with Gasteiger partial charge in [0, 0.05) is 30.1 Å². The van der Waals surface area contributed by atoms with Gasteiger partial charge in [-0.3, -0.25) is 4.98 Å². The van der Waals surface area contributed by atoms with Crippen molar-refractivity contribution in [2.45, 2.75) is 32.1 Å². The van der Waals surface area contributed by atoms with E-state index in [1.165, 1.54) is 24.1 Å². The molecule has 0 spiro atoms. The third-order valence-corrected chi connectivity index (χ3v) is 3.69. The Bertz CT molecular complexity index is 604. The van der Waals surface area contributed by atoms with E-state index < -0.39 is 0 Å². The van der Waals surface area contributed by atoms with Crippen LogP contribution in [0.4, 0.5) is 0 Å². The van der Waals surface area contributed by atoms with Gasteiger partial charge in [-0.2, -0.15) is 0 Å². The smallest absolute Gasteiger partial charge is 0.133 e. The SMILES string of the molecule is S=c1nc(Cc2cccnc2)[nH]c2c1CCCC2. The zero-order chi connectivity index (χ0) is 12.4. The standard InChI is InChI=1S/C14H15N3S/c18-14-11-5-1-2-6-12(11)16-13(17-14)8-10-4-3-7-15-9-10/h3-4,7,9H,1-2,5-6,8H2,(H,16,17,18). The molecule has 0 saturated heterocycles. The summed E-state index contributed by atoms with van der Waals surface area (Å²) in [5, 5.41) is 0. The van der Waals surface area contributed by atoms with E-state index in [4.69, 9.17) is 12.2 Å². The molecule has 0 amide bonds. The van der Waals surface area contributed by atoms with E-state index in [0.29, 0.717) is 0 Å². The van der Waals surface area contributed by atoms with Crippen LogP contribution in [-0.2, 0) is 19.3 Å². The molecule has 3 rings (SSSR count). The third-order valence-electron chi connectivity index (χ3n) is 3.35. The number of aryl methyl sites for hydroxylation is 1. The lowest BCUT2D eigenvalue weighted by atomic mass is 9.97. The van der Waals surface area contributed by atoms with E-state index in [1.807, 2.05) is 12.3 Å². The Morgan fingerprint density at radius 1 is 1.28 bits per heavy atom. The summed E-state index contributed by atoms with van der Waals surface area (Å²) in [5.74, 6) is 0.952. The Hall–Kier alpha value is -1.55. The van der Waals surface area contributed by atoms with Crippen LogP contribution < -0.4 is 0 Å². The molecule has 2 aromatic rings. The van der Waals surface area contributed by atoms with Gasteiger partial charge in [0.1, 0.15) is 10.5 Å². The highest BCUT2D eigenvalue weighted by Crippen LogP contribution is 2.20. The number of rotatable bonds is 2. The molecule has 1 aliphatic carbocycles.